The number of anilines is 1. The number of nitrogens with two attached hydrogens (primary N) is 1. The number of H-pyrrole nitrogens is 1. The minimum Gasteiger partial charge on any atom is -0.493 e. The molecule has 0 atom stereocenters. The van der Waals surface area contributed by atoms with Crippen LogP contribution < -0.4 is 10.5 Å². The number of hydrogen-bond donors (Lipinski definition) is 2. The van der Waals surface area contributed by atoms with Gasteiger partial charge in [-0.15, -0.1) is 0 Å². The second kappa shape index (κ2) is 7.16. The molecule has 0 aliphatic rings. The molecule has 22 heavy (non-hydrogen) atoms. The molecule has 1 aromatic carbocycles. The van der Waals surface area contributed by atoms with Gasteiger partial charge < -0.3 is 15.5 Å². The first-order valence-corrected chi connectivity index (χ1v) is 6.74. The van der Waals surface area contributed by atoms with E-state index in [4.69, 9.17) is 10.5 Å². The molecule has 3 N–H and O–H groups in total. The number of nitrogen functional groups attached to an aromatic ring is 1. The van der Waals surface area contributed by atoms with Crippen LogP contribution in [-0.4, -0.2) is 32.8 Å². The van der Waals surface area contributed by atoms with Crippen molar-refractivity contribution in [2.75, 3.05) is 12.3 Å². The summed E-state index contributed by atoms with van der Waals surface area (Å²) in [5.74, 6) is 1.11. The van der Waals surface area contributed by atoms with Crippen LogP contribution in [0.25, 0.3) is 11.2 Å². The topological polar surface area (TPSA) is 107 Å². The summed E-state index contributed by atoms with van der Waals surface area (Å²) in [4.78, 5) is 24.9. The Morgan fingerprint density at radius 2 is 2.14 bits per heavy atom. The summed E-state index contributed by atoms with van der Waals surface area (Å²) in [6, 6.07) is 5.53. The number of nitrogens with one attached hydrogen (secondary N) is 1. The molecule has 3 aromatic rings. The summed E-state index contributed by atoms with van der Waals surface area (Å²) in [6.45, 7) is 4.46. The van der Waals surface area contributed by atoms with Crippen LogP contribution in [0, 0.1) is 6.92 Å². The van der Waals surface area contributed by atoms with E-state index in [2.05, 4.69) is 19.9 Å². The van der Waals surface area contributed by atoms with Crippen LogP contribution in [-0.2, 0) is 0 Å². The van der Waals surface area contributed by atoms with E-state index in [1.54, 1.807) is 6.07 Å². The van der Waals surface area contributed by atoms with Crippen molar-refractivity contribution in [1.29, 1.82) is 0 Å². The van der Waals surface area contributed by atoms with Gasteiger partial charge in [0.15, 0.2) is 17.8 Å². The van der Waals surface area contributed by atoms with Gasteiger partial charge in [0.05, 0.1) is 18.5 Å². The fourth-order valence-electron chi connectivity index (χ4n) is 1.80. The maximum absolute atomic E-state index is 10.5. The number of aldehydes is 1. The third-order valence-electron chi connectivity index (χ3n) is 2.85. The van der Waals surface area contributed by atoms with E-state index in [9.17, 15) is 4.79 Å². The average molecular weight is 299 g/mol. The molecule has 2 aromatic heterocycles. The summed E-state index contributed by atoms with van der Waals surface area (Å²) < 4.78 is 5.28. The minimum absolute atomic E-state index is 0.433. The summed E-state index contributed by atoms with van der Waals surface area (Å²) in [7, 11) is 0. The summed E-state index contributed by atoms with van der Waals surface area (Å²) >= 11 is 0. The number of aryl methyl sites for hydroxylation is 1. The first-order valence-electron chi connectivity index (χ1n) is 6.74. The van der Waals surface area contributed by atoms with Gasteiger partial charge in [0.2, 0.25) is 0 Å². The number of aromatic amines is 1. The Bertz CT molecular complexity index is 769. The number of rotatable bonds is 3. The first-order chi connectivity index (χ1) is 10.7. The van der Waals surface area contributed by atoms with Crippen molar-refractivity contribution in [2.24, 2.45) is 0 Å². The molecule has 0 radical (unpaired) electrons. The highest BCUT2D eigenvalue weighted by molar-refractivity contribution is 5.80. The van der Waals surface area contributed by atoms with Crippen LogP contribution >= 0.6 is 0 Å². The van der Waals surface area contributed by atoms with Crippen molar-refractivity contribution in [2.45, 2.75) is 13.8 Å². The van der Waals surface area contributed by atoms with Gasteiger partial charge in [0.25, 0.3) is 0 Å². The molecule has 0 aliphatic heterocycles. The van der Waals surface area contributed by atoms with E-state index in [-0.39, 0.29) is 0 Å². The third-order valence-corrected chi connectivity index (χ3v) is 2.85. The Morgan fingerprint density at radius 1 is 1.32 bits per heavy atom. The molecular formula is C15H17N5O2. The smallest absolute Gasteiger partial charge is 0.182 e. The van der Waals surface area contributed by atoms with Crippen molar-refractivity contribution in [3.8, 4) is 5.75 Å². The SMILES string of the molecule is CCOc1cc(C)ccc1C=O.Nc1ncnc2nc[nH]c12. The monoisotopic (exact) mass is 299 g/mol. The molecule has 0 aliphatic carbocycles. The Labute approximate surface area is 127 Å². The molecule has 7 heteroatoms. The maximum Gasteiger partial charge on any atom is 0.182 e. The van der Waals surface area contributed by atoms with Gasteiger partial charge in [-0.1, -0.05) is 6.07 Å². The van der Waals surface area contributed by atoms with Crippen LogP contribution in [0.3, 0.4) is 0 Å². The average Bonchev–Trinajstić information content (AvgIpc) is 2.99. The van der Waals surface area contributed by atoms with Crippen molar-refractivity contribution in [3.05, 3.63) is 42.0 Å². The van der Waals surface area contributed by atoms with Crippen LogP contribution in [0.4, 0.5) is 5.82 Å². The van der Waals surface area contributed by atoms with Crippen LogP contribution in [0.5, 0.6) is 5.75 Å². The van der Waals surface area contributed by atoms with E-state index in [0.29, 0.717) is 34.9 Å². The molecule has 3 rings (SSSR count). The number of hydrogen-bond acceptors (Lipinski definition) is 6. The summed E-state index contributed by atoms with van der Waals surface area (Å²) in [6.07, 6.45) is 3.73. The molecule has 0 fully saturated rings. The molecule has 0 saturated carbocycles. The van der Waals surface area contributed by atoms with E-state index < -0.39 is 0 Å². The number of imidazole rings is 1. The van der Waals surface area contributed by atoms with Crippen molar-refractivity contribution in [3.63, 3.8) is 0 Å². The Balaban J connectivity index is 0.000000162. The highest BCUT2D eigenvalue weighted by atomic mass is 16.5. The van der Waals surface area contributed by atoms with Gasteiger partial charge in [-0.05, 0) is 31.5 Å². The first kappa shape index (κ1) is 15.4. The molecule has 0 amide bonds. The van der Waals surface area contributed by atoms with Gasteiger partial charge in [-0.25, -0.2) is 15.0 Å². The zero-order chi connectivity index (χ0) is 15.9. The van der Waals surface area contributed by atoms with Crippen LogP contribution in [0.15, 0.2) is 30.9 Å². The number of ether oxygens (including phenoxy) is 1. The van der Waals surface area contributed by atoms with E-state index in [1.165, 1.54) is 12.7 Å². The van der Waals surface area contributed by atoms with Gasteiger partial charge in [-0.3, -0.25) is 4.79 Å². The predicted octanol–water partition coefficient (Wildman–Crippen LogP) is 2.14. The maximum atomic E-state index is 10.5. The molecule has 0 unspecified atom stereocenters. The zero-order valence-electron chi connectivity index (χ0n) is 12.4. The zero-order valence-corrected chi connectivity index (χ0v) is 12.4. The van der Waals surface area contributed by atoms with E-state index in [1.807, 2.05) is 26.0 Å². The Morgan fingerprint density at radius 3 is 2.82 bits per heavy atom. The summed E-state index contributed by atoms with van der Waals surface area (Å²) in [5, 5.41) is 0. The van der Waals surface area contributed by atoms with Crippen LogP contribution in [0.2, 0.25) is 0 Å². The Hall–Kier alpha value is -2.96. The van der Waals surface area contributed by atoms with E-state index >= 15 is 0 Å². The second-order valence-electron chi connectivity index (χ2n) is 4.45. The molecule has 114 valence electrons. The molecule has 0 spiro atoms. The number of carbonyl (C=O) groups is 1. The molecule has 0 saturated heterocycles. The number of aromatic nitrogens is 4. The van der Waals surface area contributed by atoms with Crippen molar-refractivity contribution < 1.29 is 9.53 Å². The number of benzene rings is 1. The number of fused-ring (bicyclic) bond motifs is 1. The second-order valence-corrected chi connectivity index (χ2v) is 4.45. The van der Waals surface area contributed by atoms with Crippen molar-refractivity contribution in [1.82, 2.24) is 19.9 Å². The predicted molar refractivity (Wildman–Crippen MR) is 83.8 cm³/mol. The summed E-state index contributed by atoms with van der Waals surface area (Å²) in [5.41, 5.74) is 8.49. The van der Waals surface area contributed by atoms with Gasteiger partial charge in [0, 0.05) is 0 Å². The van der Waals surface area contributed by atoms with Gasteiger partial charge in [-0.2, -0.15) is 0 Å². The molecule has 0 bridgehead atoms. The van der Waals surface area contributed by atoms with Crippen LogP contribution in [0.1, 0.15) is 22.8 Å². The highest BCUT2D eigenvalue weighted by Gasteiger charge is 2.01. The number of carbonyl (C=O) groups excluding carboxylic acids is 1. The largest absolute Gasteiger partial charge is 0.493 e. The molecule has 2 heterocycles. The fraction of sp³-hybridized carbons (Fsp3) is 0.200. The fourth-order valence-corrected chi connectivity index (χ4v) is 1.80. The minimum atomic E-state index is 0.433. The lowest BCUT2D eigenvalue weighted by Crippen LogP contribution is -1.95. The van der Waals surface area contributed by atoms with Gasteiger partial charge >= 0.3 is 0 Å². The quantitative estimate of drug-likeness (QED) is 0.717. The van der Waals surface area contributed by atoms with Crippen molar-refractivity contribution >= 4 is 23.3 Å². The standard InChI is InChI=1S/C10H12O2.C5H5N5/c1-3-12-10-6-8(2)4-5-9(10)7-11;6-4-3-5(9-1-7-3)10-2-8-4/h4-7H,3H2,1-2H3;1-2H,(H3,6,7,8,9,10). The molecular weight excluding hydrogens is 282 g/mol. The Kier molecular flexibility index (Phi) is 5.02. The normalized spacial score (nSPS) is 9.91. The highest BCUT2D eigenvalue weighted by Crippen LogP contribution is 2.18. The lowest BCUT2D eigenvalue weighted by Gasteiger charge is -2.05. The lowest BCUT2D eigenvalue weighted by molar-refractivity contribution is 0.112. The number of nitrogens with zero attached hydrogens (tertiary/aromatic N) is 3. The van der Waals surface area contributed by atoms with Gasteiger partial charge in [0.1, 0.15) is 17.6 Å². The lowest BCUT2D eigenvalue weighted by atomic mass is 10.1. The third kappa shape index (κ3) is 3.57. The van der Waals surface area contributed by atoms with E-state index in [0.717, 1.165) is 11.8 Å². The molecule has 7 nitrogen and oxygen atoms in total.